The molecule has 1 aromatic heterocycles. The average Bonchev–Trinajstić information content (AvgIpc) is 2.86. The molecule has 0 atom stereocenters. The SMILES string of the molecule is CN(CCOc1ccc(F)cc1)C(=O)c1sccc1N. The number of anilines is 1. The monoisotopic (exact) mass is 294 g/mol. The molecule has 0 bridgehead atoms. The molecule has 6 heteroatoms. The van der Waals surface area contributed by atoms with Gasteiger partial charge in [0.25, 0.3) is 5.91 Å². The van der Waals surface area contributed by atoms with E-state index in [-0.39, 0.29) is 11.7 Å². The number of halogens is 1. The Balaban J connectivity index is 1.83. The molecule has 20 heavy (non-hydrogen) atoms. The first-order valence-corrected chi connectivity index (χ1v) is 6.92. The molecular weight excluding hydrogens is 279 g/mol. The Labute approximate surface area is 120 Å². The van der Waals surface area contributed by atoms with Crippen LogP contribution in [0.3, 0.4) is 0 Å². The van der Waals surface area contributed by atoms with Gasteiger partial charge in [-0.2, -0.15) is 0 Å². The second kappa shape index (κ2) is 6.38. The maximum absolute atomic E-state index is 12.7. The van der Waals surface area contributed by atoms with Crippen molar-refractivity contribution in [1.82, 2.24) is 4.90 Å². The molecule has 0 saturated carbocycles. The number of nitrogens with zero attached hydrogens (tertiary/aromatic N) is 1. The lowest BCUT2D eigenvalue weighted by Gasteiger charge is -2.17. The topological polar surface area (TPSA) is 55.6 Å². The first kappa shape index (κ1) is 14.3. The van der Waals surface area contributed by atoms with E-state index in [1.807, 2.05) is 0 Å². The molecule has 2 aromatic rings. The number of hydrogen-bond acceptors (Lipinski definition) is 4. The third kappa shape index (κ3) is 3.48. The maximum atomic E-state index is 12.7. The zero-order chi connectivity index (χ0) is 14.5. The maximum Gasteiger partial charge on any atom is 0.265 e. The third-order valence-corrected chi connectivity index (χ3v) is 3.66. The Hall–Kier alpha value is -2.08. The number of nitrogen functional groups attached to an aromatic ring is 1. The van der Waals surface area contributed by atoms with Gasteiger partial charge in [-0.05, 0) is 35.7 Å². The average molecular weight is 294 g/mol. The number of likely N-dealkylation sites (N-methyl/N-ethyl adjacent to an activating group) is 1. The van der Waals surface area contributed by atoms with Gasteiger partial charge in [-0.15, -0.1) is 11.3 Å². The van der Waals surface area contributed by atoms with E-state index in [9.17, 15) is 9.18 Å². The quantitative estimate of drug-likeness (QED) is 0.922. The summed E-state index contributed by atoms with van der Waals surface area (Å²) in [5.74, 6) is 0.140. The fourth-order valence-corrected chi connectivity index (χ4v) is 2.41. The van der Waals surface area contributed by atoms with Crippen LogP contribution in [0.2, 0.25) is 0 Å². The normalized spacial score (nSPS) is 10.3. The molecule has 4 nitrogen and oxygen atoms in total. The minimum atomic E-state index is -0.308. The van der Waals surface area contributed by atoms with Crippen molar-refractivity contribution >= 4 is 22.9 Å². The summed E-state index contributed by atoms with van der Waals surface area (Å²) in [4.78, 5) is 14.1. The van der Waals surface area contributed by atoms with Gasteiger partial charge < -0.3 is 15.4 Å². The molecule has 1 aromatic carbocycles. The molecule has 1 heterocycles. The molecule has 0 aliphatic carbocycles. The molecule has 106 valence electrons. The van der Waals surface area contributed by atoms with Crippen molar-refractivity contribution in [2.24, 2.45) is 0 Å². The van der Waals surface area contributed by atoms with Crippen LogP contribution >= 0.6 is 11.3 Å². The smallest absolute Gasteiger partial charge is 0.265 e. The number of hydrogen-bond donors (Lipinski definition) is 1. The molecule has 2 rings (SSSR count). The highest BCUT2D eigenvalue weighted by Gasteiger charge is 2.15. The number of benzene rings is 1. The van der Waals surface area contributed by atoms with E-state index >= 15 is 0 Å². The summed E-state index contributed by atoms with van der Waals surface area (Å²) in [6.45, 7) is 0.757. The number of amides is 1. The summed E-state index contributed by atoms with van der Waals surface area (Å²) in [5.41, 5.74) is 6.20. The Kier molecular flexibility index (Phi) is 4.57. The van der Waals surface area contributed by atoms with Crippen molar-refractivity contribution in [3.63, 3.8) is 0 Å². The van der Waals surface area contributed by atoms with Crippen LogP contribution in [-0.4, -0.2) is 31.0 Å². The van der Waals surface area contributed by atoms with Crippen LogP contribution in [0.4, 0.5) is 10.1 Å². The van der Waals surface area contributed by atoms with E-state index in [1.165, 1.54) is 23.5 Å². The van der Waals surface area contributed by atoms with Crippen LogP contribution in [-0.2, 0) is 0 Å². The Morgan fingerprint density at radius 3 is 2.65 bits per heavy atom. The number of ether oxygens (including phenoxy) is 1. The van der Waals surface area contributed by atoms with Crippen LogP contribution in [0.5, 0.6) is 5.75 Å². The second-order valence-electron chi connectivity index (χ2n) is 4.23. The molecule has 0 aliphatic heterocycles. The van der Waals surface area contributed by atoms with Gasteiger partial charge in [0.1, 0.15) is 23.1 Å². The van der Waals surface area contributed by atoms with Gasteiger partial charge in [-0.3, -0.25) is 4.79 Å². The van der Waals surface area contributed by atoms with Gasteiger partial charge in [0.15, 0.2) is 0 Å². The summed E-state index contributed by atoms with van der Waals surface area (Å²) < 4.78 is 18.2. The van der Waals surface area contributed by atoms with E-state index in [4.69, 9.17) is 10.5 Å². The van der Waals surface area contributed by atoms with Crippen molar-refractivity contribution in [3.05, 3.63) is 46.4 Å². The van der Waals surface area contributed by atoms with Crippen LogP contribution < -0.4 is 10.5 Å². The summed E-state index contributed by atoms with van der Waals surface area (Å²) in [6, 6.07) is 7.47. The van der Waals surface area contributed by atoms with Gasteiger partial charge in [-0.25, -0.2) is 4.39 Å². The highest BCUT2D eigenvalue weighted by molar-refractivity contribution is 7.12. The van der Waals surface area contributed by atoms with E-state index in [1.54, 1.807) is 35.5 Å². The minimum Gasteiger partial charge on any atom is -0.492 e. The number of nitrogens with two attached hydrogens (primary N) is 1. The fraction of sp³-hybridized carbons (Fsp3) is 0.214. The Bertz CT molecular complexity index is 583. The van der Waals surface area contributed by atoms with E-state index in [0.717, 1.165) is 0 Å². The third-order valence-electron chi connectivity index (χ3n) is 2.75. The molecule has 0 saturated heterocycles. The van der Waals surface area contributed by atoms with Crippen molar-refractivity contribution in [3.8, 4) is 5.75 Å². The highest BCUT2D eigenvalue weighted by atomic mass is 32.1. The zero-order valence-corrected chi connectivity index (χ0v) is 11.8. The van der Waals surface area contributed by atoms with Crippen LogP contribution in [0.15, 0.2) is 35.7 Å². The molecule has 0 spiro atoms. The molecule has 0 radical (unpaired) electrons. The first-order valence-electron chi connectivity index (χ1n) is 6.04. The first-order chi connectivity index (χ1) is 9.58. The van der Waals surface area contributed by atoms with Crippen LogP contribution in [0.25, 0.3) is 0 Å². The minimum absolute atomic E-state index is 0.125. The lowest BCUT2D eigenvalue weighted by Crippen LogP contribution is -2.30. The largest absolute Gasteiger partial charge is 0.492 e. The van der Waals surface area contributed by atoms with Gasteiger partial charge in [0, 0.05) is 7.05 Å². The predicted octanol–water partition coefficient (Wildman–Crippen LogP) is 2.62. The predicted molar refractivity (Wildman–Crippen MR) is 77.6 cm³/mol. The molecule has 0 aliphatic rings. The van der Waals surface area contributed by atoms with E-state index in [0.29, 0.717) is 29.5 Å². The Morgan fingerprint density at radius 2 is 2.05 bits per heavy atom. The Morgan fingerprint density at radius 1 is 1.35 bits per heavy atom. The molecule has 2 N–H and O–H groups in total. The van der Waals surface area contributed by atoms with Gasteiger partial charge in [-0.1, -0.05) is 0 Å². The molecule has 0 unspecified atom stereocenters. The molecule has 0 fully saturated rings. The summed E-state index contributed by atoms with van der Waals surface area (Å²) in [5, 5.41) is 1.78. The zero-order valence-electron chi connectivity index (χ0n) is 11.0. The lowest BCUT2D eigenvalue weighted by molar-refractivity contribution is 0.0779. The number of rotatable bonds is 5. The second-order valence-corrected chi connectivity index (χ2v) is 5.15. The highest BCUT2D eigenvalue weighted by Crippen LogP contribution is 2.20. The molecular formula is C14H15FN2O2S. The van der Waals surface area contributed by atoms with Gasteiger partial charge in [0.05, 0.1) is 12.2 Å². The van der Waals surface area contributed by atoms with Crippen LogP contribution in [0, 0.1) is 5.82 Å². The number of carbonyl (C=O) groups is 1. The van der Waals surface area contributed by atoms with E-state index in [2.05, 4.69) is 0 Å². The van der Waals surface area contributed by atoms with Crippen molar-refractivity contribution < 1.29 is 13.9 Å². The van der Waals surface area contributed by atoms with Crippen molar-refractivity contribution in [2.75, 3.05) is 25.9 Å². The van der Waals surface area contributed by atoms with Gasteiger partial charge in [0.2, 0.25) is 0 Å². The summed E-state index contributed by atoms with van der Waals surface area (Å²) in [7, 11) is 1.69. The summed E-state index contributed by atoms with van der Waals surface area (Å²) >= 11 is 1.32. The van der Waals surface area contributed by atoms with E-state index < -0.39 is 0 Å². The van der Waals surface area contributed by atoms with Gasteiger partial charge >= 0.3 is 0 Å². The summed E-state index contributed by atoms with van der Waals surface area (Å²) in [6.07, 6.45) is 0. The molecule has 1 amide bonds. The lowest BCUT2D eigenvalue weighted by atomic mass is 10.3. The standard InChI is InChI=1S/C14H15FN2O2S/c1-17(14(18)13-12(16)6-9-20-13)7-8-19-11-4-2-10(15)3-5-11/h2-6,9H,7-8,16H2,1H3. The number of carbonyl (C=O) groups excluding carboxylic acids is 1. The van der Waals surface area contributed by atoms with Crippen LogP contribution in [0.1, 0.15) is 9.67 Å². The fourth-order valence-electron chi connectivity index (χ4n) is 1.60. The number of thiophene rings is 1. The van der Waals surface area contributed by atoms with Crippen molar-refractivity contribution in [1.29, 1.82) is 0 Å². The van der Waals surface area contributed by atoms with Crippen molar-refractivity contribution in [2.45, 2.75) is 0 Å².